The first-order chi connectivity index (χ1) is 11.6. The van der Waals surface area contributed by atoms with Crippen molar-refractivity contribution in [3.05, 3.63) is 60.4 Å². The van der Waals surface area contributed by atoms with Crippen molar-refractivity contribution in [2.45, 2.75) is 13.3 Å². The number of para-hydroxylation sites is 1. The van der Waals surface area contributed by atoms with E-state index in [1.54, 1.807) is 11.0 Å². The van der Waals surface area contributed by atoms with Crippen molar-refractivity contribution < 1.29 is 14.0 Å². The van der Waals surface area contributed by atoms with Crippen molar-refractivity contribution >= 4 is 23.2 Å². The summed E-state index contributed by atoms with van der Waals surface area (Å²) in [6.45, 7) is 2.46. The third-order valence-electron chi connectivity index (χ3n) is 4.19. The molecule has 4 nitrogen and oxygen atoms in total. The van der Waals surface area contributed by atoms with Gasteiger partial charge in [-0.3, -0.25) is 9.59 Å². The number of carbonyl (C=O) groups excluding carboxylic acids is 2. The van der Waals surface area contributed by atoms with E-state index in [0.29, 0.717) is 18.7 Å². The average Bonchev–Trinajstić information content (AvgIpc) is 3.37. The van der Waals surface area contributed by atoms with E-state index in [0.717, 1.165) is 5.69 Å². The molecule has 0 spiro atoms. The summed E-state index contributed by atoms with van der Waals surface area (Å²) in [4.78, 5) is 26.6. The molecule has 1 N–H and O–H groups in total. The number of halogens is 1. The van der Waals surface area contributed by atoms with E-state index in [1.807, 2.05) is 37.3 Å². The van der Waals surface area contributed by atoms with Gasteiger partial charge in [0.1, 0.15) is 5.82 Å². The molecule has 2 amide bonds. The summed E-state index contributed by atoms with van der Waals surface area (Å²) in [6, 6.07) is 15.2. The number of anilines is 2. The molecule has 0 bridgehead atoms. The molecule has 2 aromatic rings. The predicted molar refractivity (Wildman–Crippen MR) is 91.1 cm³/mol. The van der Waals surface area contributed by atoms with E-state index in [2.05, 4.69) is 5.32 Å². The Bertz CT molecular complexity index is 748. The highest BCUT2D eigenvalue weighted by Crippen LogP contribution is 2.41. The monoisotopic (exact) mass is 326 g/mol. The fourth-order valence-electron chi connectivity index (χ4n) is 2.83. The minimum Gasteiger partial charge on any atom is -0.326 e. The third kappa shape index (κ3) is 3.45. The first-order valence-electron chi connectivity index (χ1n) is 8.03. The zero-order valence-corrected chi connectivity index (χ0v) is 13.4. The van der Waals surface area contributed by atoms with Crippen molar-refractivity contribution in [2.75, 3.05) is 16.8 Å². The van der Waals surface area contributed by atoms with Gasteiger partial charge in [-0.1, -0.05) is 24.3 Å². The molecular formula is C19H19FN2O2. The summed E-state index contributed by atoms with van der Waals surface area (Å²) in [7, 11) is 0. The maximum Gasteiger partial charge on any atom is 0.230 e. The molecule has 1 aliphatic rings. The first kappa shape index (κ1) is 16.2. The van der Waals surface area contributed by atoms with Gasteiger partial charge in [-0.15, -0.1) is 0 Å². The van der Waals surface area contributed by atoms with Crippen LogP contribution in [-0.4, -0.2) is 18.4 Å². The van der Waals surface area contributed by atoms with Crippen LogP contribution in [0.2, 0.25) is 0 Å². The van der Waals surface area contributed by atoms with E-state index in [-0.39, 0.29) is 23.7 Å². The fourth-order valence-corrected chi connectivity index (χ4v) is 2.83. The first-order valence-corrected chi connectivity index (χ1v) is 8.03. The Hall–Kier alpha value is -2.69. The van der Waals surface area contributed by atoms with Crippen molar-refractivity contribution in [3.8, 4) is 0 Å². The largest absolute Gasteiger partial charge is 0.326 e. The van der Waals surface area contributed by atoms with Crippen LogP contribution in [0.1, 0.15) is 13.3 Å². The standard InChI is InChI=1S/C19H19FN2O2/c1-2-22(15-9-4-3-5-10-15)19(24)17-12-16(17)18(23)21-14-8-6-7-13(20)11-14/h3-11,16-17H,2,12H2,1H3,(H,21,23). The normalized spacial score (nSPS) is 18.8. The van der Waals surface area contributed by atoms with Gasteiger partial charge in [0.2, 0.25) is 11.8 Å². The minimum absolute atomic E-state index is 0.0388. The molecule has 2 unspecified atom stereocenters. The second-order valence-electron chi connectivity index (χ2n) is 5.87. The summed E-state index contributed by atoms with van der Waals surface area (Å²) in [6.07, 6.45) is 0.531. The number of nitrogens with one attached hydrogen (secondary N) is 1. The number of amides is 2. The predicted octanol–water partition coefficient (Wildman–Crippen LogP) is 3.45. The lowest BCUT2D eigenvalue weighted by molar-refractivity contribution is -0.123. The minimum atomic E-state index is -0.405. The SMILES string of the molecule is CCN(C(=O)C1CC1C(=O)Nc1cccc(F)c1)c1ccccc1. The molecule has 0 aliphatic heterocycles. The second-order valence-corrected chi connectivity index (χ2v) is 5.87. The van der Waals surface area contributed by atoms with Gasteiger partial charge in [-0.05, 0) is 43.7 Å². The summed E-state index contributed by atoms with van der Waals surface area (Å²) in [5.41, 5.74) is 1.25. The van der Waals surface area contributed by atoms with E-state index < -0.39 is 5.82 Å². The summed E-state index contributed by atoms with van der Waals surface area (Å²) >= 11 is 0. The quantitative estimate of drug-likeness (QED) is 0.915. The molecular weight excluding hydrogens is 307 g/mol. The second kappa shape index (κ2) is 6.83. The molecule has 2 atom stereocenters. The van der Waals surface area contributed by atoms with Crippen molar-refractivity contribution in [1.82, 2.24) is 0 Å². The number of hydrogen-bond donors (Lipinski definition) is 1. The molecule has 3 rings (SSSR count). The van der Waals surface area contributed by atoms with Crippen LogP contribution in [-0.2, 0) is 9.59 Å². The summed E-state index contributed by atoms with van der Waals surface area (Å²) in [5.74, 6) is -1.33. The number of benzene rings is 2. The van der Waals surface area contributed by atoms with Gasteiger partial charge < -0.3 is 10.2 Å². The Balaban J connectivity index is 1.63. The lowest BCUT2D eigenvalue weighted by atomic mass is 10.2. The Morgan fingerprint density at radius 2 is 1.88 bits per heavy atom. The van der Waals surface area contributed by atoms with Gasteiger partial charge in [0.25, 0.3) is 0 Å². The van der Waals surface area contributed by atoms with Gasteiger partial charge in [0, 0.05) is 17.9 Å². The number of carbonyl (C=O) groups is 2. The molecule has 24 heavy (non-hydrogen) atoms. The van der Waals surface area contributed by atoms with Crippen LogP contribution in [0.3, 0.4) is 0 Å². The topological polar surface area (TPSA) is 49.4 Å². The van der Waals surface area contributed by atoms with Crippen LogP contribution in [0.5, 0.6) is 0 Å². The molecule has 124 valence electrons. The van der Waals surface area contributed by atoms with Gasteiger partial charge in [-0.2, -0.15) is 0 Å². The van der Waals surface area contributed by atoms with E-state index in [9.17, 15) is 14.0 Å². The Morgan fingerprint density at radius 1 is 1.12 bits per heavy atom. The molecule has 0 heterocycles. The van der Waals surface area contributed by atoms with Crippen LogP contribution in [0.15, 0.2) is 54.6 Å². The molecule has 1 saturated carbocycles. The van der Waals surface area contributed by atoms with Gasteiger partial charge in [0.05, 0.1) is 11.8 Å². The van der Waals surface area contributed by atoms with Crippen LogP contribution in [0.25, 0.3) is 0 Å². The molecule has 1 fully saturated rings. The highest BCUT2D eigenvalue weighted by molar-refractivity contribution is 6.04. The highest BCUT2D eigenvalue weighted by Gasteiger charge is 2.49. The Labute approximate surface area is 140 Å². The van der Waals surface area contributed by atoms with Gasteiger partial charge in [-0.25, -0.2) is 4.39 Å². The van der Waals surface area contributed by atoms with Crippen LogP contribution >= 0.6 is 0 Å². The maximum absolute atomic E-state index is 13.2. The lowest BCUT2D eigenvalue weighted by Crippen LogP contribution is -2.33. The van der Waals surface area contributed by atoms with E-state index in [4.69, 9.17) is 0 Å². The third-order valence-corrected chi connectivity index (χ3v) is 4.19. The molecule has 0 saturated heterocycles. The number of nitrogens with zero attached hydrogens (tertiary/aromatic N) is 1. The lowest BCUT2D eigenvalue weighted by Gasteiger charge is -2.21. The van der Waals surface area contributed by atoms with Crippen molar-refractivity contribution in [2.24, 2.45) is 11.8 Å². The molecule has 2 aromatic carbocycles. The Kier molecular flexibility index (Phi) is 4.60. The van der Waals surface area contributed by atoms with Crippen LogP contribution in [0.4, 0.5) is 15.8 Å². The van der Waals surface area contributed by atoms with E-state index in [1.165, 1.54) is 18.2 Å². The fraction of sp³-hybridized carbons (Fsp3) is 0.263. The summed E-state index contributed by atoms with van der Waals surface area (Å²) in [5, 5.41) is 2.68. The van der Waals surface area contributed by atoms with Crippen molar-refractivity contribution in [3.63, 3.8) is 0 Å². The van der Waals surface area contributed by atoms with Gasteiger partial charge >= 0.3 is 0 Å². The highest BCUT2D eigenvalue weighted by atomic mass is 19.1. The number of hydrogen-bond acceptors (Lipinski definition) is 2. The smallest absolute Gasteiger partial charge is 0.230 e. The Morgan fingerprint density at radius 3 is 2.54 bits per heavy atom. The number of rotatable bonds is 5. The molecule has 1 aliphatic carbocycles. The summed E-state index contributed by atoms with van der Waals surface area (Å²) < 4.78 is 13.2. The van der Waals surface area contributed by atoms with Crippen LogP contribution < -0.4 is 10.2 Å². The molecule has 0 radical (unpaired) electrons. The van der Waals surface area contributed by atoms with E-state index >= 15 is 0 Å². The zero-order valence-electron chi connectivity index (χ0n) is 13.4. The van der Waals surface area contributed by atoms with Gasteiger partial charge in [0.15, 0.2) is 0 Å². The van der Waals surface area contributed by atoms with Crippen molar-refractivity contribution in [1.29, 1.82) is 0 Å². The average molecular weight is 326 g/mol. The molecule has 5 heteroatoms. The maximum atomic E-state index is 13.2. The van der Waals surface area contributed by atoms with Crippen LogP contribution in [0, 0.1) is 17.7 Å². The molecule has 0 aromatic heterocycles. The zero-order chi connectivity index (χ0) is 17.1.